The zero-order valence-corrected chi connectivity index (χ0v) is 51.0. The summed E-state index contributed by atoms with van der Waals surface area (Å²) >= 11 is 16.7. The van der Waals surface area contributed by atoms with E-state index in [0.29, 0.717) is 86.4 Å². The zero-order chi connectivity index (χ0) is 59.8. The Labute approximate surface area is 514 Å². The zero-order valence-electron chi connectivity index (χ0n) is 47.9. The molecule has 2 aliphatic heterocycles. The Hall–Kier alpha value is -6.91. The van der Waals surface area contributed by atoms with Crippen molar-refractivity contribution >= 4 is 97.3 Å². The van der Waals surface area contributed by atoms with E-state index in [2.05, 4.69) is 39.6 Å². The van der Waals surface area contributed by atoms with Crippen molar-refractivity contribution in [2.24, 2.45) is 0 Å². The minimum atomic E-state index is -1.28. The average Bonchev–Trinajstić information content (AvgIpc) is 4.31. The number of hydrogen-bond acceptors (Lipinski definition) is 12. The van der Waals surface area contributed by atoms with E-state index in [9.17, 15) is 39.3 Å². The molecule has 2 atom stereocenters. The molecule has 10 rings (SSSR count). The minimum Gasteiger partial charge on any atom is -0.507 e. The molecule has 2 aromatic heterocycles. The predicted molar refractivity (Wildman–Crippen MR) is 339 cm³/mol. The van der Waals surface area contributed by atoms with Gasteiger partial charge in [0.1, 0.15) is 34.7 Å². The lowest BCUT2D eigenvalue weighted by Crippen LogP contribution is -2.42. The summed E-state index contributed by atoms with van der Waals surface area (Å²) in [5, 5.41) is 38.7. The van der Waals surface area contributed by atoms with Gasteiger partial charge in [0.2, 0.25) is 0 Å². The Morgan fingerprint density at radius 1 is 0.553 bits per heavy atom. The van der Waals surface area contributed by atoms with Crippen LogP contribution in [0.15, 0.2) is 132 Å². The van der Waals surface area contributed by atoms with E-state index < -0.39 is 47.7 Å². The van der Waals surface area contributed by atoms with Gasteiger partial charge in [0.25, 0.3) is 0 Å². The van der Waals surface area contributed by atoms with Gasteiger partial charge in [-0.15, -0.1) is 22.7 Å². The number of hydrogen-bond donors (Lipinski definition) is 3. The second-order valence-electron chi connectivity index (χ2n) is 21.9. The van der Waals surface area contributed by atoms with E-state index in [1.807, 2.05) is 36.4 Å². The highest BCUT2D eigenvalue weighted by atomic mass is 35.5. The van der Waals surface area contributed by atoms with Gasteiger partial charge in [-0.05, 0) is 110 Å². The first-order chi connectivity index (χ1) is 41.3. The number of benzene rings is 6. The number of phenols is 1. The highest BCUT2D eigenvalue weighted by Gasteiger charge is 2.39. The van der Waals surface area contributed by atoms with Crippen molar-refractivity contribution < 1.29 is 48.8 Å². The number of carbonyl (C=O) groups is 5. The summed E-state index contributed by atoms with van der Waals surface area (Å²) in [4.78, 5) is 72.1. The Morgan fingerprint density at radius 3 is 1.47 bits per heavy atom. The number of esters is 3. The van der Waals surface area contributed by atoms with Crippen LogP contribution in [0.5, 0.6) is 11.5 Å². The molecule has 0 saturated carbocycles. The first kappa shape index (κ1) is 62.6. The molecule has 12 nitrogen and oxygen atoms in total. The molecule has 4 heterocycles. The number of aromatic hydroxyl groups is 1. The molecule has 3 N–H and O–H groups in total. The number of ether oxygens (including phenoxy) is 2. The average molecular weight is 1220 g/mol. The summed E-state index contributed by atoms with van der Waals surface area (Å²) < 4.78 is 11.6. The Bertz CT molecular complexity index is 3540. The Morgan fingerprint density at radius 2 is 0.988 bits per heavy atom. The predicted octanol–water partition coefficient (Wildman–Crippen LogP) is 17.2. The van der Waals surface area contributed by atoms with Crippen molar-refractivity contribution in [2.75, 3.05) is 13.1 Å². The van der Waals surface area contributed by atoms with Crippen LogP contribution in [-0.4, -0.2) is 68.1 Å². The first-order valence-electron chi connectivity index (χ1n) is 29.6. The van der Waals surface area contributed by atoms with Crippen molar-refractivity contribution in [3.63, 3.8) is 0 Å². The largest absolute Gasteiger partial charge is 0.507 e. The molecule has 0 radical (unpaired) electrons. The fraction of sp³-hybridized carbons (Fsp3) is 0.348. The van der Waals surface area contributed by atoms with Gasteiger partial charge >= 0.3 is 29.8 Å². The number of nitrogens with zero attached hydrogens (tertiary/aromatic N) is 2. The fourth-order valence-electron chi connectivity index (χ4n) is 11.8. The molecule has 0 saturated heterocycles. The van der Waals surface area contributed by atoms with Crippen LogP contribution in [0.25, 0.3) is 21.5 Å². The number of carboxylic acid groups (broad SMARTS) is 2. The molecule has 6 aromatic carbocycles. The second-order valence-corrected chi connectivity index (χ2v) is 24.8. The molecule has 0 spiro atoms. The lowest BCUT2D eigenvalue weighted by molar-refractivity contribution is -0.168. The minimum absolute atomic E-state index is 0.0452. The van der Waals surface area contributed by atoms with Crippen molar-refractivity contribution in [2.45, 2.75) is 141 Å². The molecule has 16 heteroatoms. The maximum atomic E-state index is 13.9. The number of rotatable bonds is 25. The molecule has 0 fully saturated rings. The molecular weight excluding hydrogens is 1150 g/mol. The molecule has 85 heavy (non-hydrogen) atoms. The summed E-state index contributed by atoms with van der Waals surface area (Å²) in [7, 11) is 0. The van der Waals surface area contributed by atoms with E-state index >= 15 is 0 Å². The van der Waals surface area contributed by atoms with Crippen molar-refractivity contribution in [1.29, 1.82) is 0 Å². The van der Waals surface area contributed by atoms with Crippen LogP contribution in [0, 0.1) is 0 Å². The summed E-state index contributed by atoms with van der Waals surface area (Å²) in [6.07, 6.45) is 17.2. The van der Waals surface area contributed by atoms with E-state index in [1.165, 1.54) is 90.8 Å². The van der Waals surface area contributed by atoms with E-state index in [0.717, 1.165) is 32.1 Å². The third-order valence-corrected chi connectivity index (χ3v) is 18.9. The van der Waals surface area contributed by atoms with Gasteiger partial charge in [-0.25, -0.2) is 19.2 Å². The van der Waals surface area contributed by atoms with Gasteiger partial charge in [0.05, 0.1) is 0 Å². The standard InChI is InChI=1S/C39H46O7.C30H26Cl2N2O3S2/c1-2-3-4-5-6-7-8-9-10-11-12-13-14-23-35(40)46-37-32(30-22-18-16-20-28(30)25-34(37)39(44)45)26-31-29-21-17-15-19-27(29)24-33(36(31)41)38(42)43;31-23-7-3-1-5-21(23)27(33-13-9-25-19(17-33)11-15-38-25)29(35)37-30(36)28(22-6-2-4-8-24(22)32)34-14-10-26-20(18-34)12-16-39-26/h15-22,24-25,41H,2-14,23,26H2,1H3,(H,42,43)(H,44,45);1-8,11-12,15-16,27-28H,9-10,13-14,17-18H2/t;27-,28-/m.0/s1. The van der Waals surface area contributed by atoms with Gasteiger partial charge in [0.15, 0.2) is 0 Å². The van der Waals surface area contributed by atoms with Gasteiger partial charge in [-0.3, -0.25) is 14.6 Å². The normalized spacial score (nSPS) is 14.0. The topological polar surface area (TPSA) is 171 Å². The smallest absolute Gasteiger partial charge is 0.339 e. The number of unbranched alkanes of at least 4 members (excludes halogenated alkanes) is 12. The van der Waals surface area contributed by atoms with Gasteiger partial charge in [0, 0.05) is 69.9 Å². The quantitative estimate of drug-likeness (QED) is 0.0214. The van der Waals surface area contributed by atoms with E-state index in [1.54, 1.807) is 83.3 Å². The summed E-state index contributed by atoms with van der Waals surface area (Å²) in [6.45, 7) is 4.72. The van der Waals surface area contributed by atoms with Crippen LogP contribution in [-0.2, 0) is 51.5 Å². The van der Waals surface area contributed by atoms with E-state index in [4.69, 9.17) is 32.7 Å². The van der Waals surface area contributed by atoms with Crippen LogP contribution >= 0.6 is 45.9 Å². The molecule has 0 bridgehead atoms. The van der Waals surface area contributed by atoms with E-state index in [-0.39, 0.29) is 29.7 Å². The molecular formula is C69H72Cl2N2O10S2. The molecule has 444 valence electrons. The number of carboxylic acids is 2. The maximum Gasteiger partial charge on any atom is 0.339 e. The first-order valence-corrected chi connectivity index (χ1v) is 32.1. The molecule has 2 aliphatic rings. The van der Waals surface area contributed by atoms with Gasteiger partial charge in [-0.1, -0.05) is 192 Å². The summed E-state index contributed by atoms with van der Waals surface area (Å²) in [6, 6.07) is 34.3. The van der Waals surface area contributed by atoms with Crippen molar-refractivity contribution in [3.8, 4) is 11.5 Å². The maximum absolute atomic E-state index is 13.9. The third-order valence-electron chi connectivity index (χ3n) is 16.2. The highest BCUT2D eigenvalue weighted by molar-refractivity contribution is 7.10. The van der Waals surface area contributed by atoms with Crippen LogP contribution in [0.3, 0.4) is 0 Å². The third kappa shape index (κ3) is 15.8. The second kappa shape index (κ2) is 30.4. The van der Waals surface area contributed by atoms with Gasteiger partial charge in [-0.2, -0.15) is 0 Å². The Balaban J connectivity index is 0.000000206. The molecule has 0 unspecified atom stereocenters. The lowest BCUT2D eigenvalue weighted by Gasteiger charge is -2.35. The summed E-state index contributed by atoms with van der Waals surface area (Å²) in [5.41, 5.74) is 3.94. The number of aromatic carboxylic acids is 2. The highest BCUT2D eigenvalue weighted by Crippen LogP contribution is 2.41. The van der Waals surface area contributed by atoms with Crippen molar-refractivity contribution in [1.82, 2.24) is 9.80 Å². The monoisotopic (exact) mass is 1220 g/mol. The number of thiophene rings is 2. The van der Waals surface area contributed by atoms with Crippen LogP contribution in [0.4, 0.5) is 0 Å². The van der Waals surface area contributed by atoms with Crippen LogP contribution in [0.1, 0.15) is 173 Å². The fourth-order valence-corrected chi connectivity index (χ4v) is 14.0. The lowest BCUT2D eigenvalue weighted by atomic mass is 9.90. The SMILES string of the molecule is CCCCCCCCCCCCCCCC(=O)Oc1c(C(=O)O)cc2ccccc2c1Cc1c(O)c(C(=O)O)cc2ccccc12.O=C(OC(=O)[C@H](c1ccccc1Cl)N1CCc2sccc2C1)[C@H](c1ccccc1Cl)N1CCc2sccc2C1. The van der Waals surface area contributed by atoms with Crippen LogP contribution in [0.2, 0.25) is 10.0 Å². The number of fused-ring (bicyclic) bond motifs is 4. The van der Waals surface area contributed by atoms with Crippen molar-refractivity contribution in [3.05, 3.63) is 196 Å². The molecule has 0 aliphatic carbocycles. The summed E-state index contributed by atoms with van der Waals surface area (Å²) in [5.74, 6) is -4.78. The Kier molecular flexibility index (Phi) is 22.4. The van der Waals surface area contributed by atoms with Crippen LogP contribution < -0.4 is 4.74 Å². The van der Waals surface area contributed by atoms with Gasteiger partial charge < -0.3 is 24.8 Å². The number of halogens is 2. The molecule has 8 aromatic rings. The molecule has 0 amide bonds. The number of carbonyl (C=O) groups excluding carboxylic acids is 3.